The van der Waals surface area contributed by atoms with Crippen LogP contribution in [0.2, 0.25) is 0 Å². The minimum atomic E-state index is 0.274. The van der Waals surface area contributed by atoms with E-state index in [4.69, 9.17) is 4.74 Å². The number of aromatic nitrogens is 1. The van der Waals surface area contributed by atoms with Crippen molar-refractivity contribution in [2.45, 2.75) is 26.4 Å². The number of nitrogens with zero attached hydrogens (tertiary/aromatic N) is 1. The Morgan fingerprint density at radius 3 is 2.79 bits per heavy atom. The summed E-state index contributed by atoms with van der Waals surface area (Å²) in [5.74, 6) is 0.892. The highest BCUT2D eigenvalue weighted by atomic mass is 16.5. The van der Waals surface area contributed by atoms with Crippen molar-refractivity contribution in [3.8, 4) is 5.75 Å². The number of benzene rings is 1. The summed E-state index contributed by atoms with van der Waals surface area (Å²) in [5.41, 5.74) is 3.46. The quantitative estimate of drug-likeness (QED) is 0.891. The summed E-state index contributed by atoms with van der Waals surface area (Å²) in [4.78, 5) is 4.30. The summed E-state index contributed by atoms with van der Waals surface area (Å²) in [6.07, 6.45) is 1.92. The summed E-state index contributed by atoms with van der Waals surface area (Å²) >= 11 is 0. The van der Waals surface area contributed by atoms with E-state index in [0.717, 1.165) is 18.0 Å². The molecule has 1 atom stereocenters. The Hall–Kier alpha value is -1.87. The van der Waals surface area contributed by atoms with Crippen LogP contribution in [-0.4, -0.2) is 12.1 Å². The highest BCUT2D eigenvalue weighted by Crippen LogP contribution is 2.19. The molecule has 0 fully saturated rings. The van der Waals surface area contributed by atoms with Crippen LogP contribution in [0.25, 0.3) is 0 Å². The highest BCUT2D eigenvalue weighted by Gasteiger charge is 2.05. The summed E-state index contributed by atoms with van der Waals surface area (Å²) in [7, 11) is 1.69. The molecule has 0 radical (unpaired) electrons. The minimum Gasteiger partial charge on any atom is -0.497 e. The minimum absolute atomic E-state index is 0.274. The Kier molecular flexibility index (Phi) is 4.53. The summed E-state index contributed by atoms with van der Waals surface area (Å²) in [6, 6.07) is 12.6. The van der Waals surface area contributed by atoms with Gasteiger partial charge in [0.25, 0.3) is 0 Å². The Bertz CT molecular complexity index is 523. The van der Waals surface area contributed by atoms with E-state index in [1.54, 1.807) is 7.11 Å². The van der Waals surface area contributed by atoms with Gasteiger partial charge in [0.15, 0.2) is 0 Å². The molecule has 0 spiro atoms. The van der Waals surface area contributed by atoms with Gasteiger partial charge in [-0.05, 0) is 43.2 Å². The van der Waals surface area contributed by atoms with Gasteiger partial charge in [0.1, 0.15) is 5.75 Å². The summed E-state index contributed by atoms with van der Waals surface area (Å²) in [5, 5.41) is 3.49. The van der Waals surface area contributed by atoms with E-state index >= 15 is 0 Å². The lowest BCUT2D eigenvalue weighted by molar-refractivity contribution is 0.413. The van der Waals surface area contributed by atoms with Crippen molar-refractivity contribution >= 4 is 0 Å². The molecule has 1 heterocycles. The molecule has 1 unspecified atom stereocenters. The molecule has 0 aliphatic carbocycles. The number of ether oxygens (including phenoxy) is 1. The van der Waals surface area contributed by atoms with Crippen molar-refractivity contribution in [2.75, 3.05) is 7.11 Å². The van der Waals surface area contributed by atoms with Crippen molar-refractivity contribution in [3.05, 3.63) is 59.4 Å². The second kappa shape index (κ2) is 6.34. The van der Waals surface area contributed by atoms with E-state index in [-0.39, 0.29) is 6.04 Å². The number of hydrogen-bond donors (Lipinski definition) is 1. The zero-order valence-electron chi connectivity index (χ0n) is 11.7. The molecular formula is C16H20N2O. The van der Waals surface area contributed by atoms with Gasteiger partial charge in [0, 0.05) is 24.5 Å². The van der Waals surface area contributed by atoms with Gasteiger partial charge in [-0.2, -0.15) is 0 Å². The number of aryl methyl sites for hydroxylation is 1. The molecule has 0 aliphatic rings. The van der Waals surface area contributed by atoms with Gasteiger partial charge in [-0.3, -0.25) is 4.98 Å². The van der Waals surface area contributed by atoms with Gasteiger partial charge in [-0.1, -0.05) is 18.2 Å². The maximum Gasteiger partial charge on any atom is 0.119 e. The first-order chi connectivity index (χ1) is 9.19. The van der Waals surface area contributed by atoms with Crippen molar-refractivity contribution in [1.82, 2.24) is 10.3 Å². The fourth-order valence-corrected chi connectivity index (χ4v) is 1.90. The summed E-state index contributed by atoms with van der Waals surface area (Å²) in [6.45, 7) is 4.96. The standard InChI is InChI=1S/C16H20N2O/c1-12-7-8-14(10-17-12)11-18-13(2)15-5-4-6-16(9-15)19-3/h4-10,13,18H,11H2,1-3H3. The van der Waals surface area contributed by atoms with E-state index in [2.05, 4.69) is 35.4 Å². The molecule has 3 heteroatoms. The van der Waals surface area contributed by atoms with Crippen LogP contribution < -0.4 is 10.1 Å². The molecule has 3 nitrogen and oxygen atoms in total. The highest BCUT2D eigenvalue weighted by molar-refractivity contribution is 5.30. The summed E-state index contributed by atoms with van der Waals surface area (Å²) < 4.78 is 5.24. The maximum atomic E-state index is 5.24. The Morgan fingerprint density at radius 1 is 1.26 bits per heavy atom. The molecule has 0 saturated heterocycles. The third-order valence-corrected chi connectivity index (χ3v) is 3.18. The fourth-order valence-electron chi connectivity index (χ4n) is 1.90. The lowest BCUT2D eigenvalue weighted by Gasteiger charge is -2.15. The van der Waals surface area contributed by atoms with E-state index < -0.39 is 0 Å². The number of methoxy groups -OCH3 is 1. The Morgan fingerprint density at radius 2 is 2.11 bits per heavy atom. The normalized spacial score (nSPS) is 12.2. The predicted octanol–water partition coefficient (Wildman–Crippen LogP) is 3.25. The second-order valence-corrected chi connectivity index (χ2v) is 4.69. The van der Waals surface area contributed by atoms with Gasteiger partial charge in [0.05, 0.1) is 7.11 Å². The Labute approximate surface area is 114 Å². The van der Waals surface area contributed by atoms with Gasteiger partial charge < -0.3 is 10.1 Å². The van der Waals surface area contributed by atoms with Crippen LogP contribution in [0, 0.1) is 6.92 Å². The van der Waals surface area contributed by atoms with Crippen LogP contribution in [0.3, 0.4) is 0 Å². The molecule has 1 aromatic heterocycles. The zero-order valence-corrected chi connectivity index (χ0v) is 11.7. The van der Waals surface area contributed by atoms with E-state index in [0.29, 0.717) is 0 Å². The van der Waals surface area contributed by atoms with Crippen LogP contribution in [0.4, 0.5) is 0 Å². The van der Waals surface area contributed by atoms with E-state index in [1.807, 2.05) is 31.3 Å². The van der Waals surface area contributed by atoms with Crippen LogP contribution in [-0.2, 0) is 6.54 Å². The first kappa shape index (κ1) is 13.6. The maximum absolute atomic E-state index is 5.24. The Balaban J connectivity index is 1.96. The van der Waals surface area contributed by atoms with Crippen molar-refractivity contribution in [2.24, 2.45) is 0 Å². The first-order valence-corrected chi connectivity index (χ1v) is 6.48. The van der Waals surface area contributed by atoms with Crippen LogP contribution in [0.1, 0.15) is 29.8 Å². The first-order valence-electron chi connectivity index (χ1n) is 6.48. The molecule has 0 saturated carbocycles. The third-order valence-electron chi connectivity index (χ3n) is 3.18. The molecule has 0 amide bonds. The largest absolute Gasteiger partial charge is 0.497 e. The molecule has 19 heavy (non-hydrogen) atoms. The molecule has 2 rings (SSSR count). The average molecular weight is 256 g/mol. The lowest BCUT2D eigenvalue weighted by Crippen LogP contribution is -2.18. The number of rotatable bonds is 5. The average Bonchev–Trinajstić information content (AvgIpc) is 2.46. The number of pyridine rings is 1. The van der Waals surface area contributed by atoms with Crippen molar-refractivity contribution in [1.29, 1.82) is 0 Å². The van der Waals surface area contributed by atoms with Gasteiger partial charge in [-0.25, -0.2) is 0 Å². The van der Waals surface area contributed by atoms with Crippen LogP contribution in [0.5, 0.6) is 5.75 Å². The smallest absolute Gasteiger partial charge is 0.119 e. The molecule has 1 aromatic carbocycles. The topological polar surface area (TPSA) is 34.1 Å². The van der Waals surface area contributed by atoms with Crippen molar-refractivity contribution < 1.29 is 4.74 Å². The molecule has 0 bridgehead atoms. The fraction of sp³-hybridized carbons (Fsp3) is 0.312. The molecule has 100 valence electrons. The van der Waals surface area contributed by atoms with Gasteiger partial charge in [-0.15, -0.1) is 0 Å². The van der Waals surface area contributed by atoms with Gasteiger partial charge in [0.2, 0.25) is 0 Å². The van der Waals surface area contributed by atoms with Crippen LogP contribution >= 0.6 is 0 Å². The van der Waals surface area contributed by atoms with E-state index in [9.17, 15) is 0 Å². The second-order valence-electron chi connectivity index (χ2n) is 4.69. The molecule has 1 N–H and O–H groups in total. The monoisotopic (exact) mass is 256 g/mol. The van der Waals surface area contributed by atoms with Crippen molar-refractivity contribution in [3.63, 3.8) is 0 Å². The number of nitrogens with one attached hydrogen (secondary N) is 1. The zero-order chi connectivity index (χ0) is 13.7. The molecule has 0 aliphatic heterocycles. The number of hydrogen-bond acceptors (Lipinski definition) is 3. The van der Waals surface area contributed by atoms with Gasteiger partial charge >= 0.3 is 0 Å². The lowest BCUT2D eigenvalue weighted by atomic mass is 10.1. The third kappa shape index (κ3) is 3.80. The predicted molar refractivity (Wildman–Crippen MR) is 77.2 cm³/mol. The van der Waals surface area contributed by atoms with E-state index in [1.165, 1.54) is 11.1 Å². The van der Waals surface area contributed by atoms with Crippen LogP contribution in [0.15, 0.2) is 42.6 Å². The molecular weight excluding hydrogens is 236 g/mol. The SMILES string of the molecule is COc1cccc(C(C)NCc2ccc(C)nc2)c1. The molecule has 2 aromatic rings.